The lowest BCUT2D eigenvalue weighted by molar-refractivity contribution is -0.121. The van der Waals surface area contributed by atoms with Gasteiger partial charge >= 0.3 is 0 Å². The first-order chi connectivity index (χ1) is 12.8. The van der Waals surface area contributed by atoms with Gasteiger partial charge in [-0.3, -0.25) is 4.79 Å². The Labute approximate surface area is 168 Å². The standard InChI is InChI=1S/C18H20Cl2N2O4S/c19-16-8-7-14(11-17(16)20)12-22(13-18(24)21-9-4-10-23)27(25,26)15-5-2-1-3-6-15/h1-3,5-8,11,23H,4,9-10,12-13H2,(H,21,24). The van der Waals surface area contributed by atoms with Crippen LogP contribution in [0, 0.1) is 0 Å². The van der Waals surface area contributed by atoms with Crippen LogP contribution in [0.3, 0.4) is 0 Å². The van der Waals surface area contributed by atoms with E-state index in [0.717, 1.165) is 4.31 Å². The summed E-state index contributed by atoms with van der Waals surface area (Å²) in [6, 6.07) is 12.7. The zero-order valence-corrected chi connectivity index (χ0v) is 16.8. The van der Waals surface area contributed by atoms with Crippen molar-refractivity contribution in [1.29, 1.82) is 0 Å². The first kappa shape index (κ1) is 21.7. The van der Waals surface area contributed by atoms with Crippen molar-refractivity contribution in [3.8, 4) is 0 Å². The predicted molar refractivity (Wildman–Crippen MR) is 105 cm³/mol. The quantitative estimate of drug-likeness (QED) is 0.598. The number of hydrogen-bond acceptors (Lipinski definition) is 4. The summed E-state index contributed by atoms with van der Waals surface area (Å²) in [6.07, 6.45) is 0.393. The molecule has 0 radical (unpaired) electrons. The molecular formula is C18H20Cl2N2O4S. The second-order valence-electron chi connectivity index (χ2n) is 5.76. The van der Waals surface area contributed by atoms with Gasteiger partial charge in [0.25, 0.3) is 0 Å². The Kier molecular flexibility index (Phi) is 8.07. The van der Waals surface area contributed by atoms with Crippen LogP contribution in [0.4, 0.5) is 0 Å². The summed E-state index contributed by atoms with van der Waals surface area (Å²) in [6.45, 7) is -0.193. The van der Waals surface area contributed by atoms with E-state index in [0.29, 0.717) is 22.0 Å². The summed E-state index contributed by atoms with van der Waals surface area (Å²) in [5.74, 6) is -0.456. The van der Waals surface area contributed by atoms with Gasteiger partial charge in [0.1, 0.15) is 0 Å². The van der Waals surface area contributed by atoms with E-state index in [2.05, 4.69) is 5.32 Å². The minimum absolute atomic E-state index is 0.0401. The fourth-order valence-electron chi connectivity index (χ4n) is 2.33. The summed E-state index contributed by atoms with van der Waals surface area (Å²) in [5.41, 5.74) is 0.604. The molecule has 0 bridgehead atoms. The molecule has 0 atom stereocenters. The van der Waals surface area contributed by atoms with E-state index < -0.39 is 15.9 Å². The van der Waals surface area contributed by atoms with Gasteiger partial charge in [0.05, 0.1) is 21.5 Å². The number of hydrogen-bond donors (Lipinski definition) is 2. The zero-order valence-electron chi connectivity index (χ0n) is 14.4. The second kappa shape index (κ2) is 10.1. The fourth-order valence-corrected chi connectivity index (χ4v) is 4.06. The lowest BCUT2D eigenvalue weighted by Crippen LogP contribution is -2.40. The number of nitrogens with zero attached hydrogens (tertiary/aromatic N) is 1. The number of sulfonamides is 1. The lowest BCUT2D eigenvalue weighted by atomic mass is 10.2. The predicted octanol–water partition coefficient (Wildman–Crippen LogP) is 2.68. The number of rotatable bonds is 9. The largest absolute Gasteiger partial charge is 0.396 e. The van der Waals surface area contributed by atoms with Crippen molar-refractivity contribution in [1.82, 2.24) is 9.62 Å². The SMILES string of the molecule is O=C(CN(Cc1ccc(Cl)c(Cl)c1)S(=O)(=O)c1ccccc1)NCCCO. The van der Waals surface area contributed by atoms with Gasteiger partial charge in [-0.15, -0.1) is 0 Å². The van der Waals surface area contributed by atoms with Crippen LogP contribution in [0.15, 0.2) is 53.4 Å². The topological polar surface area (TPSA) is 86.7 Å². The molecule has 2 N–H and O–H groups in total. The Hall–Kier alpha value is -1.64. The first-order valence-corrected chi connectivity index (χ1v) is 10.4. The fraction of sp³-hybridized carbons (Fsp3) is 0.278. The first-order valence-electron chi connectivity index (χ1n) is 8.21. The Morgan fingerprint density at radius 2 is 1.78 bits per heavy atom. The molecule has 0 unspecified atom stereocenters. The van der Waals surface area contributed by atoms with Crippen molar-refractivity contribution >= 4 is 39.1 Å². The van der Waals surface area contributed by atoms with Crippen molar-refractivity contribution < 1.29 is 18.3 Å². The third kappa shape index (κ3) is 6.19. The Morgan fingerprint density at radius 3 is 2.41 bits per heavy atom. The van der Waals surface area contributed by atoms with Gasteiger partial charge in [-0.2, -0.15) is 4.31 Å². The molecule has 1 amide bonds. The molecule has 0 fully saturated rings. The zero-order chi connectivity index (χ0) is 19.9. The van der Waals surface area contributed by atoms with Crippen LogP contribution in [0.2, 0.25) is 10.0 Å². The molecule has 27 heavy (non-hydrogen) atoms. The molecule has 146 valence electrons. The molecule has 0 aliphatic rings. The molecule has 0 saturated heterocycles. The van der Waals surface area contributed by atoms with Crippen molar-refractivity contribution in [3.05, 3.63) is 64.1 Å². The highest BCUT2D eigenvalue weighted by molar-refractivity contribution is 7.89. The van der Waals surface area contributed by atoms with Gasteiger partial charge in [0.2, 0.25) is 15.9 Å². The molecule has 2 aromatic rings. The van der Waals surface area contributed by atoms with E-state index in [-0.39, 0.29) is 31.1 Å². The van der Waals surface area contributed by atoms with Crippen molar-refractivity contribution in [2.45, 2.75) is 17.9 Å². The van der Waals surface area contributed by atoms with E-state index in [1.54, 1.807) is 36.4 Å². The summed E-state index contributed by atoms with van der Waals surface area (Å²) in [4.78, 5) is 12.3. The highest BCUT2D eigenvalue weighted by Crippen LogP contribution is 2.25. The number of aliphatic hydroxyl groups is 1. The van der Waals surface area contributed by atoms with Crippen LogP contribution < -0.4 is 5.32 Å². The molecule has 0 aliphatic carbocycles. The molecule has 2 rings (SSSR count). The normalized spacial score (nSPS) is 11.6. The van der Waals surface area contributed by atoms with E-state index in [9.17, 15) is 13.2 Å². The third-order valence-electron chi connectivity index (χ3n) is 3.70. The summed E-state index contributed by atoms with van der Waals surface area (Å²) < 4.78 is 27.1. The maximum absolute atomic E-state index is 13.0. The van der Waals surface area contributed by atoms with Gasteiger partial charge in [0.15, 0.2) is 0 Å². The molecule has 6 nitrogen and oxygen atoms in total. The third-order valence-corrected chi connectivity index (χ3v) is 6.25. The number of nitrogens with one attached hydrogen (secondary N) is 1. The molecule has 0 aliphatic heterocycles. The number of carbonyl (C=O) groups is 1. The van der Waals surface area contributed by atoms with Crippen LogP contribution in [0.5, 0.6) is 0 Å². The Bertz CT molecular complexity index is 876. The van der Waals surface area contributed by atoms with Crippen LogP contribution >= 0.6 is 23.2 Å². The summed E-state index contributed by atoms with van der Waals surface area (Å²) in [5, 5.41) is 12.1. The molecular weight excluding hydrogens is 411 g/mol. The second-order valence-corrected chi connectivity index (χ2v) is 8.51. The van der Waals surface area contributed by atoms with Gasteiger partial charge in [-0.25, -0.2) is 8.42 Å². The number of benzene rings is 2. The Balaban J connectivity index is 2.27. The van der Waals surface area contributed by atoms with Crippen LogP contribution in [-0.4, -0.2) is 43.4 Å². The maximum Gasteiger partial charge on any atom is 0.243 e. The van der Waals surface area contributed by atoms with E-state index in [1.165, 1.54) is 12.1 Å². The monoisotopic (exact) mass is 430 g/mol. The number of amides is 1. The number of halogens is 2. The molecule has 0 spiro atoms. The van der Waals surface area contributed by atoms with Crippen LogP contribution in [-0.2, 0) is 21.4 Å². The van der Waals surface area contributed by atoms with Crippen molar-refractivity contribution in [2.24, 2.45) is 0 Å². The van der Waals surface area contributed by atoms with E-state index in [4.69, 9.17) is 28.3 Å². The molecule has 0 heterocycles. The average molecular weight is 431 g/mol. The van der Waals surface area contributed by atoms with Gasteiger partial charge in [-0.05, 0) is 36.2 Å². The minimum Gasteiger partial charge on any atom is -0.396 e. The molecule has 0 aromatic heterocycles. The van der Waals surface area contributed by atoms with Crippen molar-refractivity contribution in [2.75, 3.05) is 19.7 Å². The van der Waals surface area contributed by atoms with Crippen molar-refractivity contribution in [3.63, 3.8) is 0 Å². The van der Waals surface area contributed by atoms with Gasteiger partial charge < -0.3 is 10.4 Å². The Morgan fingerprint density at radius 1 is 1.07 bits per heavy atom. The van der Waals surface area contributed by atoms with E-state index >= 15 is 0 Å². The van der Waals surface area contributed by atoms with Gasteiger partial charge in [-0.1, -0.05) is 47.5 Å². The van der Waals surface area contributed by atoms with E-state index in [1.807, 2.05) is 0 Å². The number of aliphatic hydroxyl groups excluding tert-OH is 1. The van der Waals surface area contributed by atoms with Crippen LogP contribution in [0.25, 0.3) is 0 Å². The highest BCUT2D eigenvalue weighted by atomic mass is 35.5. The molecule has 2 aromatic carbocycles. The number of carbonyl (C=O) groups excluding carboxylic acids is 1. The summed E-state index contributed by atoms with van der Waals surface area (Å²) in [7, 11) is -3.90. The lowest BCUT2D eigenvalue weighted by Gasteiger charge is -2.22. The smallest absolute Gasteiger partial charge is 0.243 e. The minimum atomic E-state index is -3.90. The molecule has 9 heteroatoms. The van der Waals surface area contributed by atoms with Gasteiger partial charge in [0, 0.05) is 19.7 Å². The average Bonchev–Trinajstić information content (AvgIpc) is 2.65. The maximum atomic E-state index is 13.0. The molecule has 0 saturated carbocycles. The van der Waals surface area contributed by atoms with Crippen LogP contribution in [0.1, 0.15) is 12.0 Å². The summed E-state index contributed by atoms with van der Waals surface area (Å²) >= 11 is 11.9. The highest BCUT2D eigenvalue weighted by Gasteiger charge is 2.26.